The van der Waals surface area contributed by atoms with E-state index >= 15 is 0 Å². The fraction of sp³-hybridized carbons (Fsp3) is 0.348. The first-order valence-corrected chi connectivity index (χ1v) is 9.50. The molecule has 3 heteroatoms. The highest BCUT2D eigenvalue weighted by Crippen LogP contribution is 2.29. The Bertz CT molecular complexity index is 869. The lowest BCUT2D eigenvalue weighted by molar-refractivity contribution is 0.197. The number of aryl methyl sites for hydroxylation is 2. The summed E-state index contributed by atoms with van der Waals surface area (Å²) in [5.74, 6) is 2.30. The van der Waals surface area contributed by atoms with E-state index in [9.17, 15) is 0 Å². The summed E-state index contributed by atoms with van der Waals surface area (Å²) in [5, 5.41) is 0. The van der Waals surface area contributed by atoms with Gasteiger partial charge in [0.05, 0.1) is 5.69 Å². The number of piperidine rings is 1. The van der Waals surface area contributed by atoms with Crippen molar-refractivity contribution in [1.29, 1.82) is 0 Å². The van der Waals surface area contributed by atoms with Crippen molar-refractivity contribution in [1.82, 2.24) is 9.88 Å². The van der Waals surface area contributed by atoms with Crippen molar-refractivity contribution in [2.24, 2.45) is 0 Å². The maximum Gasteiger partial charge on any atom is 0.226 e. The van der Waals surface area contributed by atoms with Gasteiger partial charge in [-0.3, -0.25) is 4.90 Å². The molecule has 3 nitrogen and oxygen atoms in total. The Balaban J connectivity index is 1.50. The van der Waals surface area contributed by atoms with Crippen molar-refractivity contribution >= 4 is 0 Å². The molecule has 0 bridgehead atoms. The van der Waals surface area contributed by atoms with Gasteiger partial charge in [0.25, 0.3) is 0 Å². The lowest BCUT2D eigenvalue weighted by Crippen LogP contribution is -2.34. The van der Waals surface area contributed by atoms with E-state index in [1.165, 1.54) is 24.0 Å². The highest BCUT2D eigenvalue weighted by atomic mass is 16.4. The highest BCUT2D eigenvalue weighted by molar-refractivity contribution is 5.58. The molecule has 1 atom stereocenters. The minimum Gasteiger partial charge on any atom is -0.441 e. The third-order valence-corrected chi connectivity index (χ3v) is 5.42. The molecule has 0 saturated carbocycles. The summed E-state index contributed by atoms with van der Waals surface area (Å²) in [4.78, 5) is 7.35. The predicted octanol–water partition coefficient (Wildman–Crippen LogP) is 5.34. The Hall–Kier alpha value is -2.39. The van der Waals surface area contributed by atoms with Gasteiger partial charge in [-0.05, 0) is 56.3 Å². The van der Waals surface area contributed by atoms with Gasteiger partial charge in [-0.25, -0.2) is 4.98 Å². The van der Waals surface area contributed by atoms with Crippen molar-refractivity contribution in [3.05, 3.63) is 77.2 Å². The summed E-state index contributed by atoms with van der Waals surface area (Å²) < 4.78 is 6.00. The normalized spacial score (nSPS) is 18.2. The summed E-state index contributed by atoms with van der Waals surface area (Å²) in [6, 6.07) is 19.2. The number of aromatic nitrogens is 1. The topological polar surface area (TPSA) is 29.3 Å². The summed E-state index contributed by atoms with van der Waals surface area (Å²) >= 11 is 0. The second-order valence-corrected chi connectivity index (χ2v) is 7.32. The van der Waals surface area contributed by atoms with Crippen LogP contribution in [0.4, 0.5) is 0 Å². The van der Waals surface area contributed by atoms with Crippen LogP contribution in [0.3, 0.4) is 0 Å². The smallest absolute Gasteiger partial charge is 0.226 e. The van der Waals surface area contributed by atoms with Crippen LogP contribution in [0.5, 0.6) is 0 Å². The maximum absolute atomic E-state index is 6.00. The largest absolute Gasteiger partial charge is 0.441 e. The van der Waals surface area contributed by atoms with Gasteiger partial charge >= 0.3 is 0 Å². The van der Waals surface area contributed by atoms with Crippen molar-refractivity contribution in [3.8, 4) is 11.5 Å². The molecule has 26 heavy (non-hydrogen) atoms. The highest BCUT2D eigenvalue weighted by Gasteiger charge is 2.23. The molecule has 1 aliphatic rings. The van der Waals surface area contributed by atoms with E-state index in [1.54, 1.807) is 0 Å². The zero-order valence-electron chi connectivity index (χ0n) is 15.6. The monoisotopic (exact) mass is 346 g/mol. The number of hydrogen-bond donors (Lipinski definition) is 0. The average Bonchev–Trinajstić information content (AvgIpc) is 3.03. The maximum atomic E-state index is 6.00. The molecule has 0 amide bonds. The van der Waals surface area contributed by atoms with Gasteiger partial charge in [0, 0.05) is 18.7 Å². The number of oxazole rings is 1. The molecule has 3 aromatic rings. The quantitative estimate of drug-likeness (QED) is 0.639. The molecule has 4 rings (SSSR count). The van der Waals surface area contributed by atoms with Crippen LogP contribution < -0.4 is 0 Å². The van der Waals surface area contributed by atoms with E-state index in [1.807, 2.05) is 19.1 Å². The van der Waals surface area contributed by atoms with Crippen LogP contribution in [0.1, 0.15) is 41.3 Å². The summed E-state index contributed by atoms with van der Waals surface area (Å²) in [6.07, 6.45) is 2.51. The SMILES string of the molecule is Cc1ccccc1-c1nc(CN2CCCC(c3ccccc3)C2)c(C)o1. The molecule has 0 N–H and O–H groups in total. The average molecular weight is 346 g/mol. The van der Waals surface area contributed by atoms with Crippen molar-refractivity contribution < 1.29 is 4.42 Å². The first-order chi connectivity index (χ1) is 12.7. The molecule has 1 saturated heterocycles. The number of nitrogens with zero attached hydrogens (tertiary/aromatic N) is 2. The van der Waals surface area contributed by atoms with Gasteiger partial charge in [-0.15, -0.1) is 0 Å². The third-order valence-electron chi connectivity index (χ3n) is 5.42. The van der Waals surface area contributed by atoms with Crippen molar-refractivity contribution in [2.45, 2.75) is 39.2 Å². The Morgan fingerprint density at radius 1 is 1.04 bits per heavy atom. The first-order valence-electron chi connectivity index (χ1n) is 9.50. The van der Waals surface area contributed by atoms with Crippen LogP contribution in [-0.4, -0.2) is 23.0 Å². The number of rotatable bonds is 4. The number of benzene rings is 2. The molecule has 2 aromatic carbocycles. The zero-order chi connectivity index (χ0) is 17.9. The molecule has 0 radical (unpaired) electrons. The Kier molecular flexibility index (Phi) is 4.89. The molecular formula is C23H26N2O. The molecule has 134 valence electrons. The van der Waals surface area contributed by atoms with Crippen LogP contribution >= 0.6 is 0 Å². The van der Waals surface area contributed by atoms with E-state index in [4.69, 9.17) is 9.40 Å². The lowest BCUT2D eigenvalue weighted by Gasteiger charge is -2.32. The molecule has 2 heterocycles. The van der Waals surface area contributed by atoms with Crippen LogP contribution in [-0.2, 0) is 6.54 Å². The standard InChI is InChI=1S/C23H26N2O/c1-17-9-6-7-13-21(17)23-24-22(18(2)26-23)16-25-14-8-12-20(15-25)19-10-4-3-5-11-19/h3-7,9-11,13,20H,8,12,14-16H2,1-2H3. The zero-order valence-corrected chi connectivity index (χ0v) is 15.6. The summed E-state index contributed by atoms with van der Waals surface area (Å²) in [6.45, 7) is 7.22. The molecule has 1 aliphatic heterocycles. The summed E-state index contributed by atoms with van der Waals surface area (Å²) in [7, 11) is 0. The van der Waals surface area contributed by atoms with Crippen LogP contribution in [0, 0.1) is 13.8 Å². The fourth-order valence-corrected chi connectivity index (χ4v) is 3.91. The van der Waals surface area contributed by atoms with E-state index in [0.717, 1.165) is 42.5 Å². The second kappa shape index (κ2) is 7.46. The Labute approximate surface area is 155 Å². The van der Waals surface area contributed by atoms with Gasteiger partial charge in [-0.2, -0.15) is 0 Å². The van der Waals surface area contributed by atoms with Gasteiger partial charge in [-0.1, -0.05) is 48.5 Å². The third kappa shape index (κ3) is 3.58. The Morgan fingerprint density at radius 2 is 1.81 bits per heavy atom. The van der Waals surface area contributed by atoms with Crippen molar-refractivity contribution in [3.63, 3.8) is 0 Å². The predicted molar refractivity (Wildman–Crippen MR) is 105 cm³/mol. The summed E-state index contributed by atoms with van der Waals surface area (Å²) in [5.41, 5.74) is 4.80. The fourth-order valence-electron chi connectivity index (χ4n) is 3.91. The van der Waals surface area contributed by atoms with E-state index in [-0.39, 0.29) is 0 Å². The Morgan fingerprint density at radius 3 is 2.62 bits per heavy atom. The molecule has 0 spiro atoms. The van der Waals surface area contributed by atoms with Gasteiger partial charge in [0.2, 0.25) is 5.89 Å². The minimum atomic E-state index is 0.619. The second-order valence-electron chi connectivity index (χ2n) is 7.32. The van der Waals surface area contributed by atoms with E-state index < -0.39 is 0 Å². The van der Waals surface area contributed by atoms with Crippen LogP contribution in [0.15, 0.2) is 59.0 Å². The van der Waals surface area contributed by atoms with Gasteiger partial charge < -0.3 is 4.42 Å². The van der Waals surface area contributed by atoms with Gasteiger partial charge in [0.1, 0.15) is 5.76 Å². The van der Waals surface area contributed by atoms with Crippen LogP contribution in [0.25, 0.3) is 11.5 Å². The number of hydrogen-bond acceptors (Lipinski definition) is 3. The van der Waals surface area contributed by atoms with Gasteiger partial charge in [0.15, 0.2) is 0 Å². The molecule has 1 unspecified atom stereocenters. The first kappa shape index (κ1) is 17.0. The molecular weight excluding hydrogens is 320 g/mol. The van der Waals surface area contributed by atoms with E-state index in [0.29, 0.717) is 5.92 Å². The lowest BCUT2D eigenvalue weighted by atomic mass is 9.90. The molecule has 1 aromatic heterocycles. The minimum absolute atomic E-state index is 0.619. The van der Waals surface area contributed by atoms with Crippen LogP contribution in [0.2, 0.25) is 0 Å². The van der Waals surface area contributed by atoms with Crippen molar-refractivity contribution in [2.75, 3.05) is 13.1 Å². The molecule has 1 fully saturated rings. The molecule has 0 aliphatic carbocycles. The number of likely N-dealkylation sites (tertiary alicyclic amines) is 1. The van der Waals surface area contributed by atoms with E-state index in [2.05, 4.69) is 54.3 Å².